The summed E-state index contributed by atoms with van der Waals surface area (Å²) in [5.41, 5.74) is 5.12. The van der Waals surface area contributed by atoms with Crippen molar-refractivity contribution in [1.82, 2.24) is 0 Å². The molecule has 0 aliphatic heterocycles. The van der Waals surface area contributed by atoms with E-state index in [1.165, 1.54) is 5.56 Å². The molecule has 1 unspecified atom stereocenters. The van der Waals surface area contributed by atoms with Gasteiger partial charge in [0.2, 0.25) is 0 Å². The molecule has 0 heterocycles. The number of hydrogen-bond donors (Lipinski definition) is 0. The fourth-order valence-electron chi connectivity index (χ4n) is 4.48. The van der Waals surface area contributed by atoms with Gasteiger partial charge in [0.25, 0.3) is 0 Å². The lowest BCUT2D eigenvalue weighted by Gasteiger charge is -2.12. The molecule has 1 atom stereocenters. The van der Waals surface area contributed by atoms with Gasteiger partial charge in [-0.3, -0.25) is 4.79 Å². The number of fused-ring (bicyclic) bond motifs is 3. The van der Waals surface area contributed by atoms with Crippen LogP contribution in [-0.4, -0.2) is 31.3 Å². The van der Waals surface area contributed by atoms with Crippen LogP contribution in [0.5, 0.6) is 11.5 Å². The summed E-state index contributed by atoms with van der Waals surface area (Å²) in [6, 6.07) is 21.0. The van der Waals surface area contributed by atoms with Gasteiger partial charge in [-0.2, -0.15) is 0 Å². The second kappa shape index (κ2) is 12.7. The van der Waals surface area contributed by atoms with Gasteiger partial charge in [0, 0.05) is 17.6 Å². The number of aryl methyl sites for hydroxylation is 1. The van der Waals surface area contributed by atoms with E-state index in [0.717, 1.165) is 22.8 Å². The molecule has 4 rings (SSSR count). The zero-order valence-electron chi connectivity index (χ0n) is 21.3. The molecule has 0 spiro atoms. The molecule has 0 bridgehead atoms. The van der Waals surface area contributed by atoms with Crippen molar-refractivity contribution < 1.29 is 33.3 Å². The van der Waals surface area contributed by atoms with E-state index in [0.29, 0.717) is 36.3 Å². The van der Waals surface area contributed by atoms with Crippen LogP contribution in [0.2, 0.25) is 0 Å². The number of carbonyl (C=O) groups is 3. The van der Waals surface area contributed by atoms with Crippen LogP contribution in [0.3, 0.4) is 0 Å². The first-order valence-electron chi connectivity index (χ1n) is 12.6. The molecule has 7 heteroatoms. The van der Waals surface area contributed by atoms with Crippen molar-refractivity contribution in [2.45, 2.75) is 38.5 Å². The number of carbonyl (C=O) groups excluding carboxylic acids is 3. The summed E-state index contributed by atoms with van der Waals surface area (Å²) in [6.07, 6.45) is 1.76. The molecular weight excluding hydrogens is 484 g/mol. The maximum atomic E-state index is 12.8. The first kappa shape index (κ1) is 26.7. The summed E-state index contributed by atoms with van der Waals surface area (Å²) in [4.78, 5) is 35.9. The second-order valence-electron chi connectivity index (χ2n) is 8.89. The first-order chi connectivity index (χ1) is 18.5. The van der Waals surface area contributed by atoms with Crippen molar-refractivity contribution in [3.8, 4) is 22.6 Å². The minimum absolute atomic E-state index is 0.111. The van der Waals surface area contributed by atoms with Crippen LogP contribution in [0.1, 0.15) is 48.8 Å². The molecule has 196 valence electrons. The average molecular weight is 515 g/mol. The van der Waals surface area contributed by atoms with E-state index in [-0.39, 0.29) is 31.5 Å². The number of hydrogen-bond acceptors (Lipinski definition) is 7. The highest BCUT2D eigenvalue weighted by Crippen LogP contribution is 2.48. The van der Waals surface area contributed by atoms with Gasteiger partial charge in [0.1, 0.15) is 11.5 Å². The third-order valence-corrected chi connectivity index (χ3v) is 6.38. The van der Waals surface area contributed by atoms with E-state index in [9.17, 15) is 14.4 Å². The molecule has 7 nitrogen and oxygen atoms in total. The summed E-state index contributed by atoms with van der Waals surface area (Å²) in [7, 11) is 0. The van der Waals surface area contributed by atoms with Crippen LogP contribution in [-0.2, 0) is 25.5 Å². The molecule has 0 radical (unpaired) electrons. The van der Waals surface area contributed by atoms with Crippen molar-refractivity contribution in [3.63, 3.8) is 0 Å². The van der Waals surface area contributed by atoms with E-state index in [4.69, 9.17) is 18.9 Å². The molecule has 0 saturated heterocycles. The number of esters is 2. The Morgan fingerprint density at radius 3 is 2.32 bits per heavy atom. The minimum atomic E-state index is -0.837. The third-order valence-electron chi connectivity index (χ3n) is 6.38. The van der Waals surface area contributed by atoms with Gasteiger partial charge in [-0.05, 0) is 53.6 Å². The minimum Gasteiger partial charge on any atom is -0.463 e. The van der Waals surface area contributed by atoms with Crippen LogP contribution in [0.15, 0.2) is 79.4 Å². The molecule has 38 heavy (non-hydrogen) atoms. The summed E-state index contributed by atoms with van der Waals surface area (Å²) < 4.78 is 21.1. The number of unbranched alkanes of at least 4 members (excludes halogenated alkanes) is 1. The monoisotopic (exact) mass is 514 g/mol. The lowest BCUT2D eigenvalue weighted by Crippen LogP contribution is -2.14. The predicted octanol–water partition coefficient (Wildman–Crippen LogP) is 6.38. The van der Waals surface area contributed by atoms with Gasteiger partial charge < -0.3 is 18.9 Å². The fourth-order valence-corrected chi connectivity index (χ4v) is 4.48. The highest BCUT2D eigenvalue weighted by Gasteiger charge is 2.28. The smallest absolute Gasteiger partial charge is 0.463 e. The largest absolute Gasteiger partial charge is 0.513 e. The van der Waals surface area contributed by atoms with Gasteiger partial charge >= 0.3 is 18.1 Å². The van der Waals surface area contributed by atoms with Crippen LogP contribution in [0, 0.1) is 0 Å². The Bertz CT molecular complexity index is 1330. The standard InChI is InChI=1S/C31H30O7/c1-3-28(32)35-19-8-9-20-36-31(34)38-26-15-7-4-11-22(26)17-18-29(33)37-27-16-10-14-24-21(2)23-12-5-6-13-25(23)30(24)27/h3-7,10-16,21H,1,8-9,17-20H2,2H3. The molecule has 0 amide bonds. The number of para-hydroxylation sites is 1. The van der Waals surface area contributed by atoms with Crippen molar-refractivity contribution in [1.29, 1.82) is 0 Å². The Labute approximate surface area is 222 Å². The van der Waals surface area contributed by atoms with Crippen LogP contribution >= 0.6 is 0 Å². The molecule has 0 aromatic heterocycles. The van der Waals surface area contributed by atoms with Crippen molar-refractivity contribution in [2.75, 3.05) is 13.2 Å². The van der Waals surface area contributed by atoms with Gasteiger partial charge in [-0.15, -0.1) is 0 Å². The lowest BCUT2D eigenvalue weighted by molar-refractivity contribution is -0.138. The predicted molar refractivity (Wildman–Crippen MR) is 142 cm³/mol. The molecule has 1 aliphatic carbocycles. The van der Waals surface area contributed by atoms with E-state index in [1.807, 2.05) is 30.3 Å². The summed E-state index contributed by atoms with van der Waals surface area (Å²) in [5.74, 6) is 0.257. The normalized spacial score (nSPS) is 13.1. The Morgan fingerprint density at radius 2 is 1.50 bits per heavy atom. The zero-order valence-corrected chi connectivity index (χ0v) is 21.3. The Hall–Kier alpha value is -4.39. The van der Waals surface area contributed by atoms with Crippen molar-refractivity contribution in [2.24, 2.45) is 0 Å². The SMILES string of the molecule is C=CC(=O)OCCCCOC(=O)Oc1ccccc1CCC(=O)Oc1cccc2c1-c1ccccc1C2C. The number of ether oxygens (including phenoxy) is 4. The van der Waals surface area contributed by atoms with Crippen molar-refractivity contribution in [3.05, 3.63) is 96.1 Å². The van der Waals surface area contributed by atoms with Crippen molar-refractivity contribution >= 4 is 18.1 Å². The van der Waals surface area contributed by atoms with Gasteiger partial charge in [-0.1, -0.05) is 68.1 Å². The Morgan fingerprint density at radius 1 is 0.816 bits per heavy atom. The summed E-state index contributed by atoms with van der Waals surface area (Å²) >= 11 is 0. The highest BCUT2D eigenvalue weighted by atomic mass is 16.7. The fraction of sp³-hybridized carbons (Fsp3) is 0.258. The second-order valence-corrected chi connectivity index (χ2v) is 8.89. The van der Waals surface area contributed by atoms with E-state index < -0.39 is 12.1 Å². The Balaban J connectivity index is 1.29. The molecular formula is C31H30O7. The quantitative estimate of drug-likeness (QED) is 0.0964. The maximum absolute atomic E-state index is 12.8. The summed E-state index contributed by atoms with van der Waals surface area (Å²) in [5, 5.41) is 0. The highest BCUT2D eigenvalue weighted by molar-refractivity contribution is 5.86. The Kier molecular flexibility index (Phi) is 8.93. The van der Waals surface area contributed by atoms with Crippen LogP contribution < -0.4 is 9.47 Å². The number of benzene rings is 3. The molecule has 0 N–H and O–H groups in total. The molecule has 3 aromatic rings. The van der Waals surface area contributed by atoms with E-state index in [2.05, 4.69) is 31.7 Å². The van der Waals surface area contributed by atoms with Gasteiger partial charge in [0.15, 0.2) is 0 Å². The first-order valence-corrected chi connectivity index (χ1v) is 12.6. The average Bonchev–Trinajstić information content (AvgIpc) is 3.22. The number of rotatable bonds is 11. The van der Waals surface area contributed by atoms with E-state index in [1.54, 1.807) is 18.2 Å². The van der Waals surface area contributed by atoms with Crippen LogP contribution in [0.25, 0.3) is 11.1 Å². The topological polar surface area (TPSA) is 88.1 Å². The molecule has 1 aliphatic rings. The summed E-state index contributed by atoms with van der Waals surface area (Å²) in [6.45, 7) is 5.82. The molecule has 0 saturated carbocycles. The zero-order chi connectivity index (χ0) is 26.9. The maximum Gasteiger partial charge on any atom is 0.513 e. The lowest BCUT2D eigenvalue weighted by atomic mass is 9.99. The van der Waals surface area contributed by atoms with E-state index >= 15 is 0 Å². The van der Waals surface area contributed by atoms with Crippen LogP contribution in [0.4, 0.5) is 4.79 Å². The third kappa shape index (κ3) is 6.48. The van der Waals surface area contributed by atoms with Gasteiger partial charge in [0.05, 0.1) is 19.6 Å². The van der Waals surface area contributed by atoms with Gasteiger partial charge in [-0.25, -0.2) is 9.59 Å². The molecule has 3 aromatic carbocycles. The molecule has 0 fully saturated rings.